The number of anilines is 1. The molecule has 0 aliphatic carbocycles. The molecule has 2 aromatic rings. The van der Waals surface area contributed by atoms with Gasteiger partial charge in [-0.3, -0.25) is 0 Å². The zero-order valence-corrected chi connectivity index (χ0v) is 12.7. The maximum atomic E-state index is 13.6. The van der Waals surface area contributed by atoms with Gasteiger partial charge < -0.3 is 10.1 Å². The summed E-state index contributed by atoms with van der Waals surface area (Å²) in [7, 11) is 1.55. The lowest BCUT2D eigenvalue weighted by atomic mass is 10.1. The molecule has 0 aliphatic rings. The van der Waals surface area contributed by atoms with Crippen molar-refractivity contribution in [3.8, 4) is 5.75 Å². The average molecular weight is 342 g/mol. The molecular weight excluding hydrogens is 328 g/mol. The molecule has 2 aromatic carbocycles. The summed E-state index contributed by atoms with van der Waals surface area (Å²) < 4.78 is 33.3. The standard InChI is InChI=1S/C15H14BrF2NO/c1-9-6-10(16)7-14(20-2)15(9)19-8-11-12(17)4-3-5-13(11)18/h3-7,19H,8H2,1-2H3. The van der Waals surface area contributed by atoms with Crippen molar-refractivity contribution in [1.29, 1.82) is 0 Å². The molecule has 5 heteroatoms. The van der Waals surface area contributed by atoms with Crippen LogP contribution in [0.5, 0.6) is 5.75 Å². The first-order valence-electron chi connectivity index (χ1n) is 6.04. The molecule has 0 unspecified atom stereocenters. The Hall–Kier alpha value is -1.62. The highest BCUT2D eigenvalue weighted by molar-refractivity contribution is 9.10. The second-order valence-corrected chi connectivity index (χ2v) is 5.27. The van der Waals surface area contributed by atoms with Crippen molar-refractivity contribution < 1.29 is 13.5 Å². The minimum Gasteiger partial charge on any atom is -0.495 e. The number of nitrogens with one attached hydrogen (secondary N) is 1. The number of hydrogen-bond donors (Lipinski definition) is 1. The minimum atomic E-state index is -0.564. The molecule has 0 fully saturated rings. The third kappa shape index (κ3) is 3.10. The van der Waals surface area contributed by atoms with E-state index in [4.69, 9.17) is 4.74 Å². The first-order chi connectivity index (χ1) is 9.52. The summed E-state index contributed by atoms with van der Waals surface area (Å²) in [5, 5.41) is 3.03. The summed E-state index contributed by atoms with van der Waals surface area (Å²) in [6, 6.07) is 7.53. The summed E-state index contributed by atoms with van der Waals surface area (Å²) in [6.07, 6.45) is 0. The third-order valence-corrected chi connectivity index (χ3v) is 3.45. The molecule has 106 valence electrons. The Morgan fingerprint density at radius 3 is 2.45 bits per heavy atom. The first kappa shape index (κ1) is 14.8. The summed E-state index contributed by atoms with van der Waals surface area (Å²) >= 11 is 3.38. The van der Waals surface area contributed by atoms with Gasteiger partial charge in [0.2, 0.25) is 0 Å². The van der Waals surface area contributed by atoms with Crippen LogP contribution < -0.4 is 10.1 Å². The van der Waals surface area contributed by atoms with E-state index in [9.17, 15) is 8.78 Å². The van der Waals surface area contributed by atoms with Crippen molar-refractivity contribution in [3.05, 3.63) is 57.6 Å². The van der Waals surface area contributed by atoms with E-state index in [2.05, 4.69) is 21.2 Å². The van der Waals surface area contributed by atoms with E-state index in [1.807, 2.05) is 13.0 Å². The SMILES string of the molecule is COc1cc(Br)cc(C)c1NCc1c(F)cccc1F. The van der Waals surface area contributed by atoms with Crippen LogP contribution >= 0.6 is 15.9 Å². The number of methoxy groups -OCH3 is 1. The Bertz CT molecular complexity index is 611. The van der Waals surface area contributed by atoms with E-state index in [0.29, 0.717) is 5.75 Å². The lowest BCUT2D eigenvalue weighted by Crippen LogP contribution is -2.07. The average Bonchev–Trinajstić information content (AvgIpc) is 2.39. The number of ether oxygens (including phenoxy) is 1. The smallest absolute Gasteiger partial charge is 0.143 e. The fourth-order valence-corrected chi connectivity index (χ4v) is 2.53. The van der Waals surface area contributed by atoms with Crippen molar-refractivity contribution in [2.24, 2.45) is 0 Å². The van der Waals surface area contributed by atoms with E-state index >= 15 is 0 Å². The molecule has 2 rings (SSSR count). The van der Waals surface area contributed by atoms with Crippen LogP contribution in [0.2, 0.25) is 0 Å². The highest BCUT2D eigenvalue weighted by atomic mass is 79.9. The Labute approximate surface area is 124 Å². The van der Waals surface area contributed by atoms with Crippen molar-refractivity contribution in [2.75, 3.05) is 12.4 Å². The van der Waals surface area contributed by atoms with Gasteiger partial charge in [0.25, 0.3) is 0 Å². The topological polar surface area (TPSA) is 21.3 Å². The van der Waals surface area contributed by atoms with Gasteiger partial charge in [-0.05, 0) is 36.8 Å². The maximum Gasteiger partial charge on any atom is 0.143 e. The largest absolute Gasteiger partial charge is 0.495 e. The van der Waals surface area contributed by atoms with Gasteiger partial charge in [-0.2, -0.15) is 0 Å². The first-order valence-corrected chi connectivity index (χ1v) is 6.83. The van der Waals surface area contributed by atoms with Crippen LogP contribution in [0.15, 0.2) is 34.8 Å². The Morgan fingerprint density at radius 2 is 1.85 bits per heavy atom. The normalized spacial score (nSPS) is 10.4. The molecule has 0 saturated heterocycles. The fourth-order valence-electron chi connectivity index (χ4n) is 1.98. The number of rotatable bonds is 4. The monoisotopic (exact) mass is 341 g/mol. The van der Waals surface area contributed by atoms with Crippen LogP contribution in [0.25, 0.3) is 0 Å². The van der Waals surface area contributed by atoms with Crippen molar-refractivity contribution in [1.82, 2.24) is 0 Å². The lowest BCUT2D eigenvalue weighted by molar-refractivity contribution is 0.416. The zero-order valence-electron chi connectivity index (χ0n) is 11.1. The molecule has 0 bridgehead atoms. The van der Waals surface area contributed by atoms with E-state index in [0.717, 1.165) is 15.7 Å². The Morgan fingerprint density at radius 1 is 1.20 bits per heavy atom. The molecule has 0 saturated carbocycles. The molecular formula is C15H14BrF2NO. The number of hydrogen-bond acceptors (Lipinski definition) is 2. The van der Waals surface area contributed by atoms with E-state index in [1.165, 1.54) is 18.2 Å². The molecule has 0 amide bonds. The van der Waals surface area contributed by atoms with Crippen molar-refractivity contribution >= 4 is 21.6 Å². The predicted octanol–water partition coefficient (Wildman–Crippen LogP) is 4.66. The summed E-state index contributed by atoms with van der Waals surface area (Å²) in [5.41, 5.74) is 1.66. The molecule has 0 heterocycles. The number of halogens is 3. The van der Waals surface area contributed by atoms with Crippen LogP contribution in [-0.4, -0.2) is 7.11 Å². The number of benzene rings is 2. The molecule has 0 spiro atoms. The van der Waals surface area contributed by atoms with Crippen LogP contribution in [0.4, 0.5) is 14.5 Å². The third-order valence-electron chi connectivity index (χ3n) is 2.99. The summed E-state index contributed by atoms with van der Waals surface area (Å²) in [4.78, 5) is 0. The quantitative estimate of drug-likeness (QED) is 0.873. The summed E-state index contributed by atoms with van der Waals surface area (Å²) in [5.74, 6) is -0.508. The van der Waals surface area contributed by atoms with Gasteiger partial charge in [-0.1, -0.05) is 22.0 Å². The van der Waals surface area contributed by atoms with Crippen LogP contribution in [0, 0.1) is 18.6 Å². The van der Waals surface area contributed by atoms with Gasteiger partial charge >= 0.3 is 0 Å². The second-order valence-electron chi connectivity index (χ2n) is 4.35. The zero-order chi connectivity index (χ0) is 14.7. The molecule has 0 aromatic heterocycles. The fraction of sp³-hybridized carbons (Fsp3) is 0.200. The van der Waals surface area contributed by atoms with Crippen molar-refractivity contribution in [2.45, 2.75) is 13.5 Å². The highest BCUT2D eigenvalue weighted by Crippen LogP contribution is 2.32. The van der Waals surface area contributed by atoms with Crippen LogP contribution in [0.1, 0.15) is 11.1 Å². The Kier molecular flexibility index (Phi) is 4.60. The second kappa shape index (κ2) is 6.22. The molecule has 0 radical (unpaired) electrons. The minimum absolute atomic E-state index is 0.0110. The Balaban J connectivity index is 2.27. The highest BCUT2D eigenvalue weighted by Gasteiger charge is 2.12. The molecule has 20 heavy (non-hydrogen) atoms. The van der Waals surface area contributed by atoms with E-state index in [-0.39, 0.29) is 12.1 Å². The van der Waals surface area contributed by atoms with E-state index in [1.54, 1.807) is 13.2 Å². The maximum absolute atomic E-state index is 13.6. The molecule has 0 atom stereocenters. The van der Waals surface area contributed by atoms with Gasteiger partial charge in [-0.25, -0.2) is 8.78 Å². The summed E-state index contributed by atoms with van der Waals surface area (Å²) in [6.45, 7) is 1.95. The van der Waals surface area contributed by atoms with E-state index < -0.39 is 11.6 Å². The lowest BCUT2D eigenvalue weighted by Gasteiger charge is -2.15. The number of aryl methyl sites for hydroxylation is 1. The van der Waals surface area contributed by atoms with Crippen LogP contribution in [-0.2, 0) is 6.54 Å². The predicted molar refractivity (Wildman–Crippen MR) is 79.1 cm³/mol. The molecule has 0 aliphatic heterocycles. The van der Waals surface area contributed by atoms with Gasteiger partial charge in [0.15, 0.2) is 0 Å². The molecule has 1 N–H and O–H groups in total. The van der Waals surface area contributed by atoms with Gasteiger partial charge in [0.1, 0.15) is 17.4 Å². The van der Waals surface area contributed by atoms with Gasteiger partial charge in [-0.15, -0.1) is 0 Å². The van der Waals surface area contributed by atoms with Gasteiger partial charge in [0.05, 0.1) is 12.8 Å². The van der Waals surface area contributed by atoms with Crippen molar-refractivity contribution in [3.63, 3.8) is 0 Å². The molecule has 2 nitrogen and oxygen atoms in total. The van der Waals surface area contributed by atoms with Gasteiger partial charge in [0, 0.05) is 16.6 Å². The van der Waals surface area contributed by atoms with Crippen LogP contribution in [0.3, 0.4) is 0 Å².